The summed E-state index contributed by atoms with van der Waals surface area (Å²) in [5.41, 5.74) is 3.80. The molecule has 0 spiro atoms. The number of aromatic nitrogens is 1. The summed E-state index contributed by atoms with van der Waals surface area (Å²) in [7, 11) is 1.99. The number of anilines is 1. The molecule has 1 aliphatic heterocycles. The Labute approximate surface area is 111 Å². The molecule has 1 aromatic rings. The molecule has 2 heterocycles. The van der Waals surface area contributed by atoms with Crippen molar-refractivity contribution in [3.63, 3.8) is 0 Å². The monoisotopic (exact) mass is 247 g/mol. The summed E-state index contributed by atoms with van der Waals surface area (Å²) in [4.78, 5) is 6.95. The smallest absolute Gasteiger partial charge is 0.0445 e. The van der Waals surface area contributed by atoms with E-state index in [1.165, 1.54) is 30.8 Å². The largest absolute Gasteiger partial charge is 0.371 e. The van der Waals surface area contributed by atoms with Gasteiger partial charge in [-0.05, 0) is 38.3 Å². The summed E-state index contributed by atoms with van der Waals surface area (Å²) < 4.78 is 0. The second-order valence-corrected chi connectivity index (χ2v) is 5.72. The topological polar surface area (TPSA) is 28.2 Å². The zero-order valence-corrected chi connectivity index (χ0v) is 12.0. The Morgan fingerprint density at radius 3 is 2.89 bits per heavy atom. The highest BCUT2D eigenvalue weighted by atomic mass is 15.2. The lowest BCUT2D eigenvalue weighted by molar-refractivity contribution is 0.422. The second kappa shape index (κ2) is 5.70. The van der Waals surface area contributed by atoms with Gasteiger partial charge in [-0.2, -0.15) is 0 Å². The van der Waals surface area contributed by atoms with Crippen LogP contribution in [0, 0.1) is 18.8 Å². The first-order valence-electron chi connectivity index (χ1n) is 6.97. The summed E-state index contributed by atoms with van der Waals surface area (Å²) in [6.45, 7) is 10.0. The lowest BCUT2D eigenvalue weighted by atomic mass is 9.95. The molecule has 1 unspecified atom stereocenters. The van der Waals surface area contributed by atoms with Crippen molar-refractivity contribution in [2.45, 2.75) is 33.7 Å². The summed E-state index contributed by atoms with van der Waals surface area (Å²) >= 11 is 0. The van der Waals surface area contributed by atoms with E-state index in [0.717, 1.165) is 24.1 Å². The van der Waals surface area contributed by atoms with Gasteiger partial charge in [0, 0.05) is 42.8 Å². The average molecular weight is 247 g/mol. The number of rotatable bonds is 4. The molecule has 0 aromatic carbocycles. The van der Waals surface area contributed by atoms with Crippen molar-refractivity contribution in [2.24, 2.45) is 11.8 Å². The first-order valence-corrected chi connectivity index (χ1v) is 6.97. The molecule has 3 heteroatoms. The number of nitrogens with zero attached hydrogens (tertiary/aromatic N) is 2. The van der Waals surface area contributed by atoms with Crippen LogP contribution in [-0.2, 0) is 6.54 Å². The van der Waals surface area contributed by atoms with E-state index >= 15 is 0 Å². The van der Waals surface area contributed by atoms with Crippen LogP contribution >= 0.6 is 0 Å². The second-order valence-electron chi connectivity index (χ2n) is 5.72. The Kier molecular flexibility index (Phi) is 4.23. The third kappa shape index (κ3) is 2.83. The van der Waals surface area contributed by atoms with Gasteiger partial charge in [0.1, 0.15) is 0 Å². The predicted molar refractivity (Wildman–Crippen MR) is 76.9 cm³/mol. The number of pyridine rings is 1. The summed E-state index contributed by atoms with van der Waals surface area (Å²) in [6.07, 6.45) is 3.34. The van der Waals surface area contributed by atoms with Gasteiger partial charge in [0.15, 0.2) is 0 Å². The van der Waals surface area contributed by atoms with Crippen molar-refractivity contribution in [2.75, 3.05) is 25.0 Å². The van der Waals surface area contributed by atoms with Gasteiger partial charge in [-0.1, -0.05) is 13.8 Å². The van der Waals surface area contributed by atoms with Crippen molar-refractivity contribution in [3.8, 4) is 0 Å². The van der Waals surface area contributed by atoms with Gasteiger partial charge in [-0.25, -0.2) is 0 Å². The Hall–Kier alpha value is -1.09. The number of nitrogens with one attached hydrogen (secondary N) is 1. The predicted octanol–water partition coefficient (Wildman–Crippen LogP) is 2.59. The number of aryl methyl sites for hydroxylation is 1. The van der Waals surface area contributed by atoms with E-state index in [2.05, 4.69) is 42.0 Å². The van der Waals surface area contributed by atoms with Crippen LogP contribution in [0.2, 0.25) is 0 Å². The third-order valence-corrected chi connectivity index (χ3v) is 3.97. The minimum absolute atomic E-state index is 0.783. The molecule has 1 saturated heterocycles. The molecular formula is C15H25N3. The SMILES string of the molecule is CNCc1cnc(C)cc1N1CCC(C(C)C)C1. The van der Waals surface area contributed by atoms with E-state index in [9.17, 15) is 0 Å². The molecule has 2 rings (SSSR count). The van der Waals surface area contributed by atoms with Crippen LogP contribution in [0.1, 0.15) is 31.5 Å². The highest BCUT2D eigenvalue weighted by molar-refractivity contribution is 5.54. The van der Waals surface area contributed by atoms with Crippen LogP contribution < -0.4 is 10.2 Å². The van der Waals surface area contributed by atoms with Gasteiger partial charge in [0.25, 0.3) is 0 Å². The van der Waals surface area contributed by atoms with E-state index < -0.39 is 0 Å². The first kappa shape index (κ1) is 13.3. The van der Waals surface area contributed by atoms with Gasteiger partial charge >= 0.3 is 0 Å². The maximum absolute atomic E-state index is 4.42. The molecule has 1 N–H and O–H groups in total. The normalized spacial score (nSPS) is 19.8. The van der Waals surface area contributed by atoms with Crippen molar-refractivity contribution in [3.05, 3.63) is 23.5 Å². The fraction of sp³-hybridized carbons (Fsp3) is 0.667. The third-order valence-electron chi connectivity index (χ3n) is 3.97. The molecule has 1 fully saturated rings. The van der Waals surface area contributed by atoms with Crippen LogP contribution in [0.5, 0.6) is 0 Å². The quantitative estimate of drug-likeness (QED) is 0.886. The Bertz CT molecular complexity index is 401. The van der Waals surface area contributed by atoms with E-state index in [0.29, 0.717) is 0 Å². The Morgan fingerprint density at radius 1 is 1.50 bits per heavy atom. The number of hydrogen-bond donors (Lipinski definition) is 1. The molecule has 100 valence electrons. The summed E-state index contributed by atoms with van der Waals surface area (Å²) in [5.74, 6) is 1.62. The summed E-state index contributed by atoms with van der Waals surface area (Å²) in [5, 5.41) is 3.23. The number of hydrogen-bond acceptors (Lipinski definition) is 3. The molecule has 0 bridgehead atoms. The molecule has 0 radical (unpaired) electrons. The van der Waals surface area contributed by atoms with Gasteiger partial charge in [0.2, 0.25) is 0 Å². The molecule has 1 atom stereocenters. The Morgan fingerprint density at radius 2 is 2.28 bits per heavy atom. The van der Waals surface area contributed by atoms with Crippen LogP contribution in [0.25, 0.3) is 0 Å². The standard InChI is InChI=1S/C15H25N3/c1-11(2)13-5-6-18(10-13)15-7-12(3)17-9-14(15)8-16-4/h7,9,11,13,16H,5-6,8,10H2,1-4H3. The van der Waals surface area contributed by atoms with Crippen LogP contribution in [0.15, 0.2) is 12.3 Å². The van der Waals surface area contributed by atoms with Crippen molar-refractivity contribution < 1.29 is 0 Å². The Balaban J connectivity index is 2.19. The zero-order chi connectivity index (χ0) is 13.1. The zero-order valence-electron chi connectivity index (χ0n) is 12.0. The van der Waals surface area contributed by atoms with Gasteiger partial charge < -0.3 is 10.2 Å². The fourth-order valence-electron chi connectivity index (χ4n) is 2.74. The highest BCUT2D eigenvalue weighted by Crippen LogP contribution is 2.30. The first-order chi connectivity index (χ1) is 8.61. The van der Waals surface area contributed by atoms with E-state index in [1.54, 1.807) is 0 Å². The molecule has 1 aromatic heterocycles. The minimum Gasteiger partial charge on any atom is -0.371 e. The molecule has 1 aliphatic rings. The maximum atomic E-state index is 4.42. The molecule has 0 saturated carbocycles. The molecule has 0 amide bonds. The molecular weight excluding hydrogens is 222 g/mol. The van der Waals surface area contributed by atoms with Gasteiger partial charge in [0.05, 0.1) is 0 Å². The van der Waals surface area contributed by atoms with Gasteiger partial charge in [-0.15, -0.1) is 0 Å². The summed E-state index contributed by atoms with van der Waals surface area (Å²) in [6, 6.07) is 2.23. The molecule has 3 nitrogen and oxygen atoms in total. The van der Waals surface area contributed by atoms with Crippen molar-refractivity contribution >= 4 is 5.69 Å². The van der Waals surface area contributed by atoms with E-state index in [-0.39, 0.29) is 0 Å². The maximum Gasteiger partial charge on any atom is 0.0445 e. The van der Waals surface area contributed by atoms with Crippen LogP contribution in [0.3, 0.4) is 0 Å². The lowest BCUT2D eigenvalue weighted by Gasteiger charge is -2.23. The van der Waals surface area contributed by atoms with E-state index in [1.807, 2.05) is 13.2 Å². The highest BCUT2D eigenvalue weighted by Gasteiger charge is 2.26. The average Bonchev–Trinajstić information content (AvgIpc) is 2.81. The van der Waals surface area contributed by atoms with E-state index in [4.69, 9.17) is 0 Å². The van der Waals surface area contributed by atoms with Crippen molar-refractivity contribution in [1.82, 2.24) is 10.3 Å². The fourth-order valence-corrected chi connectivity index (χ4v) is 2.74. The van der Waals surface area contributed by atoms with Crippen molar-refractivity contribution in [1.29, 1.82) is 0 Å². The molecule has 18 heavy (non-hydrogen) atoms. The minimum atomic E-state index is 0.783. The van der Waals surface area contributed by atoms with Crippen LogP contribution in [-0.4, -0.2) is 25.1 Å². The lowest BCUT2D eigenvalue weighted by Crippen LogP contribution is -2.23. The van der Waals surface area contributed by atoms with Crippen LogP contribution in [0.4, 0.5) is 5.69 Å². The molecule has 0 aliphatic carbocycles. The van der Waals surface area contributed by atoms with Gasteiger partial charge in [-0.3, -0.25) is 4.98 Å².